The topological polar surface area (TPSA) is 237 Å². The fourth-order valence-electron chi connectivity index (χ4n) is 8.83. The first-order valence-corrected chi connectivity index (χ1v) is 34.8. The summed E-state index contributed by atoms with van der Waals surface area (Å²) in [6, 6.07) is 0. The summed E-state index contributed by atoms with van der Waals surface area (Å²) in [5.74, 6) is 0.696. The van der Waals surface area contributed by atoms with E-state index in [4.69, 9.17) is 37.0 Å². The highest BCUT2D eigenvalue weighted by molar-refractivity contribution is 7.47. The number of aliphatic hydroxyl groups excluding tert-OH is 1. The first-order valence-electron chi connectivity index (χ1n) is 31.8. The van der Waals surface area contributed by atoms with Crippen molar-refractivity contribution in [2.24, 2.45) is 23.7 Å². The van der Waals surface area contributed by atoms with Gasteiger partial charge in [0, 0.05) is 25.7 Å². The molecule has 0 amide bonds. The number of unbranched alkanes of at least 4 members (excludes halogenated alkanes) is 22. The Morgan fingerprint density at radius 2 is 0.600 bits per heavy atom. The van der Waals surface area contributed by atoms with E-state index in [-0.39, 0.29) is 25.7 Å². The second-order valence-corrected chi connectivity index (χ2v) is 26.4. The van der Waals surface area contributed by atoms with Crippen LogP contribution in [-0.4, -0.2) is 96.7 Å². The van der Waals surface area contributed by atoms with Crippen LogP contribution in [0.2, 0.25) is 0 Å². The Hall–Kier alpha value is -1.94. The maximum absolute atomic E-state index is 12.9. The molecule has 0 fully saturated rings. The highest BCUT2D eigenvalue weighted by Crippen LogP contribution is 2.45. The van der Waals surface area contributed by atoms with Gasteiger partial charge in [0.15, 0.2) is 12.2 Å². The third-order valence-electron chi connectivity index (χ3n) is 14.5. The summed E-state index contributed by atoms with van der Waals surface area (Å²) >= 11 is 0. The molecule has 474 valence electrons. The zero-order valence-corrected chi connectivity index (χ0v) is 53.5. The summed E-state index contributed by atoms with van der Waals surface area (Å²) in [7, 11) is -9.88. The molecule has 0 saturated heterocycles. The molecule has 80 heavy (non-hydrogen) atoms. The van der Waals surface area contributed by atoms with Crippen LogP contribution in [0.1, 0.15) is 287 Å². The molecule has 0 aliphatic carbocycles. The third-order valence-corrected chi connectivity index (χ3v) is 16.4. The largest absolute Gasteiger partial charge is 0.472 e. The maximum Gasteiger partial charge on any atom is 0.472 e. The molecule has 0 aromatic rings. The predicted octanol–water partition coefficient (Wildman–Crippen LogP) is 16.2. The van der Waals surface area contributed by atoms with Crippen molar-refractivity contribution >= 4 is 39.5 Å². The van der Waals surface area contributed by atoms with Gasteiger partial charge in [-0.25, -0.2) is 9.13 Å². The zero-order valence-electron chi connectivity index (χ0n) is 51.7. The summed E-state index contributed by atoms with van der Waals surface area (Å²) in [5, 5.41) is 10.5. The number of esters is 4. The highest BCUT2D eigenvalue weighted by Gasteiger charge is 2.30. The van der Waals surface area contributed by atoms with Gasteiger partial charge in [-0.05, 0) is 49.4 Å². The van der Waals surface area contributed by atoms with Gasteiger partial charge in [-0.2, -0.15) is 0 Å². The first kappa shape index (κ1) is 78.1. The average Bonchev–Trinajstić information content (AvgIpc) is 3.41. The Labute approximate surface area is 486 Å². The van der Waals surface area contributed by atoms with Gasteiger partial charge in [0.25, 0.3) is 0 Å². The number of rotatable bonds is 58. The van der Waals surface area contributed by atoms with Gasteiger partial charge in [-0.15, -0.1) is 0 Å². The summed E-state index contributed by atoms with van der Waals surface area (Å²) in [5.41, 5.74) is 0. The van der Waals surface area contributed by atoms with Crippen LogP contribution in [0.3, 0.4) is 0 Å². The Morgan fingerprint density at radius 1 is 0.350 bits per heavy atom. The Bertz CT molecular complexity index is 1610. The lowest BCUT2D eigenvalue weighted by Crippen LogP contribution is -2.30. The van der Waals surface area contributed by atoms with Crippen molar-refractivity contribution in [2.75, 3.05) is 39.6 Å². The molecule has 0 bridgehead atoms. The number of carbonyl (C=O) groups is 4. The molecule has 7 atom stereocenters. The molecule has 0 heterocycles. The second kappa shape index (κ2) is 51.5. The third kappa shape index (κ3) is 52.8. The number of carbonyl (C=O) groups excluding carboxylic acids is 4. The van der Waals surface area contributed by atoms with Crippen LogP contribution >= 0.6 is 15.6 Å². The number of phosphoric ester groups is 2. The zero-order chi connectivity index (χ0) is 59.7. The Morgan fingerprint density at radius 3 is 0.887 bits per heavy atom. The van der Waals surface area contributed by atoms with E-state index < -0.39 is 97.5 Å². The number of hydrogen-bond donors (Lipinski definition) is 3. The van der Waals surface area contributed by atoms with Gasteiger partial charge in [0.05, 0.1) is 26.4 Å². The molecule has 0 spiro atoms. The van der Waals surface area contributed by atoms with E-state index in [1.54, 1.807) is 0 Å². The lowest BCUT2D eigenvalue weighted by Gasteiger charge is -2.21. The van der Waals surface area contributed by atoms with Gasteiger partial charge >= 0.3 is 39.5 Å². The summed E-state index contributed by atoms with van der Waals surface area (Å²) in [6.07, 6.45) is 29.7. The van der Waals surface area contributed by atoms with E-state index in [9.17, 15) is 43.2 Å². The van der Waals surface area contributed by atoms with E-state index in [0.29, 0.717) is 37.5 Å². The minimum Gasteiger partial charge on any atom is -0.462 e. The molecule has 0 saturated carbocycles. The lowest BCUT2D eigenvalue weighted by molar-refractivity contribution is -0.161. The minimum absolute atomic E-state index is 0.100. The summed E-state index contributed by atoms with van der Waals surface area (Å²) < 4.78 is 67.8. The standard InChI is InChI=1S/C61H118O17P2/c1-9-53(7)39-31-23-13-11-12-14-25-33-41-58(63)71-47-56(78-61(66)44-36-28-20-17-24-32-40-54(8)10-2)49-75-79(67,68)73-45-55(62)46-74-80(69,70)76-50-57(77-60(65)43-35-27-19-16-22-30-38-52(5)6)48-72-59(64)42-34-26-18-15-21-29-37-51(3)4/h51-57,62H,9-50H2,1-8H3,(H,67,68)(H,69,70)/t53?,54?,55-,56-,57-/m1/s1. The quantitative estimate of drug-likeness (QED) is 0.0222. The molecule has 0 aliphatic rings. The molecule has 4 unspecified atom stereocenters. The molecule has 0 aliphatic heterocycles. The van der Waals surface area contributed by atoms with Gasteiger partial charge < -0.3 is 33.8 Å². The van der Waals surface area contributed by atoms with E-state index >= 15 is 0 Å². The number of hydrogen-bond acceptors (Lipinski definition) is 15. The van der Waals surface area contributed by atoms with E-state index in [1.807, 2.05) is 0 Å². The number of aliphatic hydroxyl groups is 1. The smallest absolute Gasteiger partial charge is 0.462 e. The van der Waals surface area contributed by atoms with Crippen LogP contribution < -0.4 is 0 Å². The fraction of sp³-hybridized carbons (Fsp3) is 0.934. The molecular weight excluding hydrogens is 1070 g/mol. The first-order chi connectivity index (χ1) is 38.2. The molecule has 19 heteroatoms. The molecule has 0 aromatic carbocycles. The molecule has 0 radical (unpaired) electrons. The van der Waals surface area contributed by atoms with Crippen molar-refractivity contribution in [2.45, 2.75) is 305 Å². The Kier molecular flexibility index (Phi) is 50.2. The van der Waals surface area contributed by atoms with Crippen molar-refractivity contribution < 1.29 is 80.2 Å². The van der Waals surface area contributed by atoms with Crippen LogP contribution in [-0.2, 0) is 65.4 Å². The molecule has 0 rings (SSSR count). The molecule has 3 N–H and O–H groups in total. The highest BCUT2D eigenvalue weighted by atomic mass is 31.2. The van der Waals surface area contributed by atoms with Crippen molar-refractivity contribution in [3.05, 3.63) is 0 Å². The van der Waals surface area contributed by atoms with E-state index in [0.717, 1.165) is 108 Å². The Balaban J connectivity index is 5.25. The monoisotopic (exact) mass is 1180 g/mol. The lowest BCUT2D eigenvalue weighted by atomic mass is 9.99. The fourth-order valence-corrected chi connectivity index (χ4v) is 10.4. The van der Waals surface area contributed by atoms with Crippen LogP contribution in [0.25, 0.3) is 0 Å². The molecule has 0 aromatic heterocycles. The van der Waals surface area contributed by atoms with Gasteiger partial charge in [0.1, 0.15) is 19.3 Å². The molecular formula is C61H118O17P2. The summed E-state index contributed by atoms with van der Waals surface area (Å²) in [6.45, 7) is 13.8. The molecule has 17 nitrogen and oxygen atoms in total. The van der Waals surface area contributed by atoms with Crippen LogP contribution in [0.15, 0.2) is 0 Å². The van der Waals surface area contributed by atoms with Crippen molar-refractivity contribution in [3.63, 3.8) is 0 Å². The average molecular weight is 1190 g/mol. The predicted molar refractivity (Wildman–Crippen MR) is 317 cm³/mol. The van der Waals surface area contributed by atoms with Crippen LogP contribution in [0.4, 0.5) is 0 Å². The van der Waals surface area contributed by atoms with Crippen LogP contribution in [0, 0.1) is 23.7 Å². The SMILES string of the molecule is CCC(C)CCCCCCCCCCC(=O)OC[C@H](COP(=O)(O)OC[C@@H](O)COP(=O)(O)OC[C@@H](COC(=O)CCCCCCCCC(C)C)OC(=O)CCCCCCCCC(C)C)OC(=O)CCCCCCCCC(C)CC. The maximum atomic E-state index is 12.9. The second-order valence-electron chi connectivity index (χ2n) is 23.5. The number of phosphoric acid groups is 2. The van der Waals surface area contributed by atoms with E-state index in [2.05, 4.69) is 55.4 Å². The minimum atomic E-state index is -4.94. The van der Waals surface area contributed by atoms with Crippen molar-refractivity contribution in [1.29, 1.82) is 0 Å². The number of ether oxygens (including phenoxy) is 4. The van der Waals surface area contributed by atoms with Gasteiger partial charge in [-0.1, -0.05) is 235 Å². The van der Waals surface area contributed by atoms with Gasteiger partial charge in [-0.3, -0.25) is 37.3 Å². The van der Waals surface area contributed by atoms with Gasteiger partial charge in [0.2, 0.25) is 0 Å². The normalized spacial score (nSPS) is 15.2. The van der Waals surface area contributed by atoms with E-state index in [1.165, 1.54) is 83.5 Å². The van der Waals surface area contributed by atoms with Crippen molar-refractivity contribution in [1.82, 2.24) is 0 Å². The summed E-state index contributed by atoms with van der Waals surface area (Å²) in [4.78, 5) is 72.0. The van der Waals surface area contributed by atoms with Crippen molar-refractivity contribution in [3.8, 4) is 0 Å². The van der Waals surface area contributed by atoms with Crippen LogP contribution in [0.5, 0.6) is 0 Å².